The zero-order chi connectivity index (χ0) is 27.7. The van der Waals surface area contributed by atoms with E-state index in [1.807, 2.05) is 68.4 Å². The molecule has 3 rings (SSSR count). The number of nitrogens with one attached hydrogen (secondary N) is 1. The second-order valence-electron chi connectivity index (χ2n) is 10.1. The zero-order valence-corrected chi connectivity index (χ0v) is 23.9. The Hall–Kier alpha value is -3.02. The van der Waals surface area contributed by atoms with Crippen LogP contribution < -0.4 is 10.1 Å². The number of nitrogens with zero attached hydrogens (tertiary/aromatic N) is 1. The van der Waals surface area contributed by atoms with E-state index < -0.39 is 6.04 Å². The predicted octanol–water partition coefficient (Wildman–Crippen LogP) is 6.91. The number of ether oxygens (including phenoxy) is 1. The first-order valence-electron chi connectivity index (χ1n) is 12.9. The monoisotopic (exact) mass is 554 g/mol. The Balaban J connectivity index is 1.95. The second kappa shape index (κ2) is 14.2. The molecule has 0 radical (unpaired) electrons. The van der Waals surface area contributed by atoms with Gasteiger partial charge in [0.25, 0.3) is 5.91 Å². The Morgan fingerprint density at radius 2 is 1.61 bits per heavy atom. The van der Waals surface area contributed by atoms with Crippen LogP contribution in [-0.2, 0) is 22.6 Å². The summed E-state index contributed by atoms with van der Waals surface area (Å²) in [7, 11) is 0. The summed E-state index contributed by atoms with van der Waals surface area (Å²) in [5, 5.41) is 3.95. The van der Waals surface area contributed by atoms with Crippen molar-refractivity contribution in [1.82, 2.24) is 10.2 Å². The molecule has 2 amide bonds. The molecular formula is C31H36Cl2N2O3. The Morgan fingerprint density at radius 3 is 2.26 bits per heavy atom. The zero-order valence-electron chi connectivity index (χ0n) is 22.4. The van der Waals surface area contributed by atoms with Gasteiger partial charge in [0.1, 0.15) is 11.8 Å². The second-order valence-corrected chi connectivity index (χ2v) is 10.9. The van der Waals surface area contributed by atoms with Crippen LogP contribution in [0.5, 0.6) is 5.75 Å². The summed E-state index contributed by atoms with van der Waals surface area (Å²) in [6.07, 6.45) is 0.351. The Kier molecular flexibility index (Phi) is 11.1. The molecule has 1 N–H and O–H groups in total. The summed E-state index contributed by atoms with van der Waals surface area (Å²) in [5.74, 6) is 0.628. The molecule has 202 valence electrons. The highest BCUT2D eigenvalue weighted by atomic mass is 35.5. The van der Waals surface area contributed by atoms with E-state index >= 15 is 0 Å². The lowest BCUT2D eigenvalue weighted by molar-refractivity contribution is -0.142. The van der Waals surface area contributed by atoms with E-state index in [9.17, 15) is 9.59 Å². The minimum Gasteiger partial charge on any atom is -0.483 e. The fourth-order valence-electron chi connectivity index (χ4n) is 4.12. The lowest BCUT2D eigenvalue weighted by Crippen LogP contribution is -2.52. The fourth-order valence-corrected chi connectivity index (χ4v) is 4.59. The van der Waals surface area contributed by atoms with Gasteiger partial charge in [-0.05, 0) is 46.7 Å². The van der Waals surface area contributed by atoms with E-state index in [0.717, 1.165) is 11.1 Å². The van der Waals surface area contributed by atoms with Crippen LogP contribution in [0.2, 0.25) is 10.0 Å². The van der Waals surface area contributed by atoms with Gasteiger partial charge in [0.15, 0.2) is 6.61 Å². The summed E-state index contributed by atoms with van der Waals surface area (Å²) >= 11 is 12.6. The molecule has 0 spiro atoms. The maximum absolute atomic E-state index is 13.8. The number of carbonyl (C=O) groups excluding carboxylic acids is 2. The summed E-state index contributed by atoms with van der Waals surface area (Å²) in [4.78, 5) is 28.9. The summed E-state index contributed by atoms with van der Waals surface area (Å²) in [6, 6.07) is 21.8. The molecule has 0 heterocycles. The van der Waals surface area contributed by atoms with E-state index in [1.165, 1.54) is 0 Å². The van der Waals surface area contributed by atoms with Gasteiger partial charge >= 0.3 is 0 Å². The van der Waals surface area contributed by atoms with Crippen molar-refractivity contribution in [3.63, 3.8) is 0 Å². The van der Waals surface area contributed by atoms with Crippen molar-refractivity contribution in [2.45, 2.75) is 52.6 Å². The highest BCUT2D eigenvalue weighted by Gasteiger charge is 2.31. The van der Waals surface area contributed by atoms with Gasteiger partial charge in [-0.2, -0.15) is 0 Å². The van der Waals surface area contributed by atoms with Crippen LogP contribution in [0.15, 0.2) is 72.8 Å². The predicted molar refractivity (Wildman–Crippen MR) is 155 cm³/mol. The van der Waals surface area contributed by atoms with E-state index in [0.29, 0.717) is 34.3 Å². The van der Waals surface area contributed by atoms with Crippen LogP contribution in [-0.4, -0.2) is 35.9 Å². The highest BCUT2D eigenvalue weighted by molar-refractivity contribution is 6.35. The van der Waals surface area contributed by atoms with Crippen molar-refractivity contribution < 1.29 is 14.3 Å². The molecule has 0 fully saturated rings. The number of hydrogen-bond acceptors (Lipinski definition) is 3. The standard InChI is InChI=1S/C31H36Cl2N2O3/c1-21(2)18-34-31(37)28(16-23-10-6-5-7-11-23)35(19-24-14-15-25(32)17-27(24)33)30(36)20-38-29-13-9-8-12-26(29)22(3)4/h5-15,17,21-22,28H,16,18-20H2,1-4H3,(H,34,37)/t28-/m0/s1. The van der Waals surface area contributed by atoms with Crippen LogP contribution in [0, 0.1) is 5.92 Å². The summed E-state index contributed by atoms with van der Waals surface area (Å²) < 4.78 is 6.03. The summed E-state index contributed by atoms with van der Waals surface area (Å²) in [6.45, 7) is 8.65. The van der Waals surface area contributed by atoms with Crippen molar-refractivity contribution in [2.75, 3.05) is 13.2 Å². The number of carbonyl (C=O) groups is 2. The molecular weight excluding hydrogens is 519 g/mol. The third-order valence-electron chi connectivity index (χ3n) is 6.20. The minimum absolute atomic E-state index is 0.136. The van der Waals surface area contributed by atoms with E-state index in [-0.39, 0.29) is 36.8 Å². The quantitative estimate of drug-likeness (QED) is 0.264. The first-order valence-corrected chi connectivity index (χ1v) is 13.7. The third-order valence-corrected chi connectivity index (χ3v) is 6.79. The highest BCUT2D eigenvalue weighted by Crippen LogP contribution is 2.27. The smallest absolute Gasteiger partial charge is 0.261 e. The average molecular weight is 556 g/mol. The van der Waals surface area contributed by atoms with E-state index in [2.05, 4.69) is 19.2 Å². The molecule has 1 atom stereocenters. The molecule has 0 bridgehead atoms. The Morgan fingerprint density at radius 1 is 0.921 bits per heavy atom. The van der Waals surface area contributed by atoms with Crippen LogP contribution in [0.25, 0.3) is 0 Å². The van der Waals surface area contributed by atoms with E-state index in [1.54, 1.807) is 23.1 Å². The van der Waals surface area contributed by atoms with Gasteiger partial charge in [-0.3, -0.25) is 9.59 Å². The van der Waals surface area contributed by atoms with Crippen molar-refractivity contribution in [3.05, 3.63) is 99.5 Å². The number of benzene rings is 3. The van der Waals surface area contributed by atoms with Crippen molar-refractivity contribution >= 4 is 35.0 Å². The maximum atomic E-state index is 13.8. The van der Waals surface area contributed by atoms with Gasteiger partial charge in [0.05, 0.1) is 0 Å². The lowest BCUT2D eigenvalue weighted by Gasteiger charge is -2.32. The fraction of sp³-hybridized carbons (Fsp3) is 0.355. The van der Waals surface area contributed by atoms with Gasteiger partial charge in [0, 0.05) is 29.6 Å². The molecule has 0 aromatic heterocycles. The molecule has 0 aliphatic rings. The molecule has 5 nitrogen and oxygen atoms in total. The van der Waals surface area contributed by atoms with Crippen molar-refractivity contribution in [3.8, 4) is 5.75 Å². The molecule has 3 aromatic carbocycles. The van der Waals surface area contributed by atoms with Crippen molar-refractivity contribution in [2.24, 2.45) is 5.92 Å². The molecule has 38 heavy (non-hydrogen) atoms. The van der Waals surface area contributed by atoms with Gasteiger partial charge in [-0.1, -0.05) is 105 Å². The number of halogens is 2. The number of amides is 2. The molecule has 0 saturated carbocycles. The van der Waals surface area contributed by atoms with Crippen molar-refractivity contribution in [1.29, 1.82) is 0 Å². The SMILES string of the molecule is CC(C)CNC(=O)[C@H](Cc1ccccc1)N(Cc1ccc(Cl)cc1Cl)C(=O)COc1ccccc1C(C)C. The normalized spacial score (nSPS) is 11.9. The molecule has 0 unspecified atom stereocenters. The molecule has 0 aliphatic heterocycles. The number of rotatable bonds is 12. The topological polar surface area (TPSA) is 58.6 Å². The molecule has 7 heteroatoms. The molecule has 0 saturated heterocycles. The van der Waals surface area contributed by atoms with Crippen LogP contribution in [0.3, 0.4) is 0 Å². The first-order chi connectivity index (χ1) is 18.2. The Bertz CT molecular complexity index is 1210. The van der Waals surface area contributed by atoms with Gasteiger partial charge in [-0.15, -0.1) is 0 Å². The van der Waals surface area contributed by atoms with Crippen LogP contribution in [0.4, 0.5) is 0 Å². The minimum atomic E-state index is -0.765. The average Bonchev–Trinajstić information content (AvgIpc) is 2.89. The maximum Gasteiger partial charge on any atom is 0.261 e. The number of para-hydroxylation sites is 1. The van der Waals surface area contributed by atoms with Gasteiger partial charge in [-0.25, -0.2) is 0 Å². The van der Waals surface area contributed by atoms with Crippen LogP contribution in [0.1, 0.15) is 50.3 Å². The third kappa shape index (κ3) is 8.50. The van der Waals surface area contributed by atoms with Gasteiger partial charge < -0.3 is 15.0 Å². The number of hydrogen-bond donors (Lipinski definition) is 1. The molecule has 3 aromatic rings. The largest absolute Gasteiger partial charge is 0.483 e. The van der Waals surface area contributed by atoms with Crippen LogP contribution >= 0.6 is 23.2 Å². The molecule has 0 aliphatic carbocycles. The Labute approximate surface area is 236 Å². The lowest BCUT2D eigenvalue weighted by atomic mass is 10.0. The summed E-state index contributed by atoms with van der Waals surface area (Å²) in [5.41, 5.74) is 2.66. The van der Waals surface area contributed by atoms with E-state index in [4.69, 9.17) is 27.9 Å². The van der Waals surface area contributed by atoms with Gasteiger partial charge in [0.2, 0.25) is 5.91 Å². The first kappa shape index (κ1) is 29.5.